The number of aromatic nitrogens is 1. The zero-order chi connectivity index (χ0) is 36.7. The lowest BCUT2D eigenvalue weighted by Gasteiger charge is -2.24. The molecule has 0 fully saturated rings. The van der Waals surface area contributed by atoms with Crippen LogP contribution in [0.3, 0.4) is 0 Å². The third kappa shape index (κ3) is 14.0. The third-order valence-electron chi connectivity index (χ3n) is 8.23. The molecule has 0 radical (unpaired) electrons. The number of nitrogens with zero attached hydrogens (tertiary/aromatic N) is 2. The van der Waals surface area contributed by atoms with Crippen molar-refractivity contribution in [1.82, 2.24) is 10.3 Å². The SMILES string of the molecule is CC(=O)NCCc1ccc2ccc(S(C)(C)C)nc2c1.CCC(C)C(C)=N.COC1=CC=C(C)C(C(=NCC(C)=N)c2ccc(O)cc2)C1. The van der Waals surface area contributed by atoms with Crippen molar-refractivity contribution >= 4 is 44.0 Å². The number of carbonyl (C=O) groups is 1. The Morgan fingerprint density at radius 2 is 1.71 bits per heavy atom. The van der Waals surface area contributed by atoms with Crippen LogP contribution in [-0.2, 0) is 16.0 Å². The second kappa shape index (κ2) is 19.7. The minimum Gasteiger partial charge on any atom is -0.508 e. The predicted molar refractivity (Wildman–Crippen MR) is 210 cm³/mol. The number of allylic oxidation sites excluding steroid dienone is 4. The van der Waals surface area contributed by atoms with Gasteiger partial charge in [0.05, 0.1) is 35.7 Å². The molecule has 8 nitrogen and oxygen atoms in total. The average molecular weight is 688 g/mol. The number of benzene rings is 2. The number of aliphatic imine (C=N–C) groups is 1. The summed E-state index contributed by atoms with van der Waals surface area (Å²) in [7, 11) is 0.874. The van der Waals surface area contributed by atoms with E-state index in [1.54, 1.807) is 33.1 Å². The molecule has 1 aliphatic rings. The van der Waals surface area contributed by atoms with Crippen LogP contribution in [0.15, 0.2) is 88.1 Å². The smallest absolute Gasteiger partial charge is 0.216 e. The van der Waals surface area contributed by atoms with Crippen LogP contribution < -0.4 is 5.32 Å². The van der Waals surface area contributed by atoms with Crippen LogP contribution in [0, 0.1) is 22.7 Å². The fraction of sp³-hybridized carbons (Fsp3) is 0.425. The largest absolute Gasteiger partial charge is 0.508 e. The summed E-state index contributed by atoms with van der Waals surface area (Å²) in [6.07, 6.45) is 13.5. The molecule has 3 aromatic rings. The first-order valence-electron chi connectivity index (χ1n) is 16.7. The maximum atomic E-state index is 10.9. The monoisotopic (exact) mass is 687 g/mol. The minimum absolute atomic E-state index is 0.0162. The Morgan fingerprint density at radius 1 is 1.06 bits per heavy atom. The number of aromatic hydroxyl groups is 1. The number of pyridine rings is 1. The second-order valence-electron chi connectivity index (χ2n) is 13.3. The van der Waals surface area contributed by atoms with E-state index >= 15 is 0 Å². The van der Waals surface area contributed by atoms with E-state index in [1.165, 1.54) is 21.5 Å². The first-order chi connectivity index (χ1) is 23.0. The van der Waals surface area contributed by atoms with E-state index in [4.69, 9.17) is 20.5 Å². The molecular formula is C40H57N5O3S. The molecule has 49 heavy (non-hydrogen) atoms. The maximum Gasteiger partial charge on any atom is 0.216 e. The van der Waals surface area contributed by atoms with E-state index in [-0.39, 0.29) is 17.6 Å². The molecule has 2 atom stereocenters. The molecule has 4 N–H and O–H groups in total. The van der Waals surface area contributed by atoms with Gasteiger partial charge < -0.3 is 26.0 Å². The van der Waals surface area contributed by atoms with Crippen LogP contribution in [0.1, 0.15) is 65.5 Å². The quantitative estimate of drug-likeness (QED) is 0.150. The van der Waals surface area contributed by atoms with Crippen LogP contribution >= 0.6 is 10.0 Å². The molecule has 1 aliphatic carbocycles. The molecule has 0 saturated carbocycles. The summed E-state index contributed by atoms with van der Waals surface area (Å²) < 4.78 is 5.38. The van der Waals surface area contributed by atoms with Crippen LogP contribution in [0.5, 0.6) is 5.75 Å². The van der Waals surface area contributed by atoms with Crippen molar-refractivity contribution in [2.45, 2.75) is 65.8 Å². The normalized spacial score (nSPS) is 15.3. The molecule has 1 heterocycles. The molecule has 0 spiro atoms. The highest BCUT2D eigenvalue weighted by molar-refractivity contribution is 8.32. The molecule has 1 aromatic heterocycles. The van der Waals surface area contributed by atoms with Crippen LogP contribution in [0.2, 0.25) is 0 Å². The fourth-order valence-corrected chi connectivity index (χ4v) is 5.65. The number of hydrogen-bond acceptors (Lipinski definition) is 7. The number of ether oxygens (including phenoxy) is 1. The number of methoxy groups -OCH3 is 1. The van der Waals surface area contributed by atoms with Gasteiger partial charge in [-0.25, -0.2) is 15.0 Å². The fourth-order valence-electron chi connectivity index (χ4n) is 4.80. The van der Waals surface area contributed by atoms with Crippen molar-refractivity contribution in [3.05, 3.63) is 89.2 Å². The lowest BCUT2D eigenvalue weighted by atomic mass is 9.84. The standard InChI is InChI=1S/C18H22N2O2.C16H22N2OS.C6H13N/c1-12-4-9-16(22-3)10-17(12)18(20-11-13(2)19)14-5-7-15(21)8-6-14;1-12(19)17-10-9-13-5-6-14-7-8-16(20(2,3)4)18-15(14)11-13;1-4-5(2)6(3)7/h4-9,17,19,21H,10-11H2,1-3H3;5-8,11H,9-10H2,1-4H3,(H,17,19);5,7H,4H2,1-3H3. The van der Waals surface area contributed by atoms with Gasteiger partial charge in [0.15, 0.2) is 0 Å². The highest BCUT2D eigenvalue weighted by Crippen LogP contribution is 2.44. The number of hydrogen-bond donors (Lipinski definition) is 4. The lowest BCUT2D eigenvalue weighted by Crippen LogP contribution is -2.22. The van der Waals surface area contributed by atoms with Gasteiger partial charge in [0, 0.05) is 42.6 Å². The molecule has 0 saturated heterocycles. The summed E-state index contributed by atoms with van der Waals surface area (Å²) in [5, 5.41) is 29.4. The van der Waals surface area contributed by atoms with E-state index in [1.807, 2.05) is 25.1 Å². The molecule has 0 bridgehead atoms. The molecule has 4 rings (SSSR count). The Bertz CT molecular complexity index is 1670. The first kappa shape index (κ1) is 40.9. The van der Waals surface area contributed by atoms with Crippen molar-refractivity contribution < 1.29 is 14.6 Å². The number of phenols is 1. The summed E-state index contributed by atoms with van der Waals surface area (Å²) in [5.41, 5.74) is 6.69. The van der Waals surface area contributed by atoms with E-state index in [2.05, 4.69) is 86.3 Å². The number of nitrogens with one attached hydrogen (secondary N) is 3. The Labute approximate surface area is 295 Å². The van der Waals surface area contributed by atoms with Crippen molar-refractivity contribution in [3.8, 4) is 5.75 Å². The molecule has 1 amide bonds. The summed E-state index contributed by atoms with van der Waals surface area (Å²) in [6.45, 7) is 12.5. The number of rotatable bonds is 11. The summed E-state index contributed by atoms with van der Waals surface area (Å²) in [5.74, 6) is 1.79. The van der Waals surface area contributed by atoms with E-state index < -0.39 is 10.0 Å². The number of phenolic OH excluding ortho intramolecular Hbond substituents is 1. The Balaban J connectivity index is 0.000000286. The van der Waals surface area contributed by atoms with E-state index in [9.17, 15) is 9.90 Å². The lowest BCUT2D eigenvalue weighted by molar-refractivity contribution is -0.118. The topological polar surface area (TPSA) is 132 Å². The van der Waals surface area contributed by atoms with Gasteiger partial charge in [-0.3, -0.25) is 9.79 Å². The van der Waals surface area contributed by atoms with Crippen molar-refractivity contribution in [2.75, 3.05) is 39.0 Å². The van der Waals surface area contributed by atoms with Crippen LogP contribution in [0.25, 0.3) is 10.9 Å². The van der Waals surface area contributed by atoms with Gasteiger partial charge in [0.25, 0.3) is 0 Å². The van der Waals surface area contributed by atoms with Crippen molar-refractivity contribution in [1.29, 1.82) is 10.8 Å². The highest BCUT2D eigenvalue weighted by Gasteiger charge is 2.24. The molecule has 2 aromatic carbocycles. The minimum atomic E-state index is -0.803. The Kier molecular flexibility index (Phi) is 16.4. The summed E-state index contributed by atoms with van der Waals surface area (Å²) >= 11 is 0. The van der Waals surface area contributed by atoms with Gasteiger partial charge in [0.1, 0.15) is 5.75 Å². The number of carbonyl (C=O) groups excluding carboxylic acids is 1. The van der Waals surface area contributed by atoms with Crippen molar-refractivity contribution in [3.63, 3.8) is 0 Å². The van der Waals surface area contributed by atoms with E-state index in [0.29, 0.717) is 24.7 Å². The molecule has 9 heteroatoms. The Hall–Kier alpha value is -4.24. The molecule has 2 unspecified atom stereocenters. The number of amides is 1. The molecular weight excluding hydrogens is 631 g/mol. The van der Waals surface area contributed by atoms with Crippen LogP contribution in [-0.4, -0.2) is 72.1 Å². The molecule has 266 valence electrons. The summed E-state index contributed by atoms with van der Waals surface area (Å²) in [4.78, 5) is 20.3. The second-order valence-corrected chi connectivity index (χ2v) is 17.4. The van der Waals surface area contributed by atoms with Gasteiger partial charge in [-0.2, -0.15) is 0 Å². The van der Waals surface area contributed by atoms with Crippen molar-refractivity contribution in [2.24, 2.45) is 16.8 Å². The third-order valence-corrected chi connectivity index (χ3v) is 9.71. The van der Waals surface area contributed by atoms with Gasteiger partial charge >= 0.3 is 0 Å². The summed E-state index contributed by atoms with van der Waals surface area (Å²) in [6, 6.07) is 17.7. The van der Waals surface area contributed by atoms with Crippen LogP contribution in [0.4, 0.5) is 0 Å². The first-order valence-corrected chi connectivity index (χ1v) is 19.6. The van der Waals surface area contributed by atoms with Gasteiger partial charge in [0.2, 0.25) is 5.91 Å². The molecule has 0 aliphatic heterocycles. The average Bonchev–Trinajstić information content (AvgIpc) is 3.05. The highest BCUT2D eigenvalue weighted by atomic mass is 32.3. The zero-order valence-corrected chi connectivity index (χ0v) is 31.9. The van der Waals surface area contributed by atoms with Gasteiger partial charge in [-0.05, 0) is 112 Å². The number of fused-ring (bicyclic) bond motifs is 1. The van der Waals surface area contributed by atoms with Gasteiger partial charge in [-0.1, -0.05) is 43.7 Å². The van der Waals surface area contributed by atoms with Gasteiger partial charge in [-0.15, -0.1) is 0 Å². The predicted octanol–water partition coefficient (Wildman–Crippen LogP) is 8.76. The zero-order valence-electron chi connectivity index (χ0n) is 31.1. The Morgan fingerprint density at radius 3 is 2.24 bits per heavy atom. The van der Waals surface area contributed by atoms with E-state index in [0.717, 1.165) is 47.5 Å². The maximum absolute atomic E-state index is 10.9.